The van der Waals surface area contributed by atoms with E-state index in [2.05, 4.69) is 25.9 Å². The minimum atomic E-state index is -0.505. The van der Waals surface area contributed by atoms with Crippen molar-refractivity contribution in [2.24, 2.45) is 0 Å². The van der Waals surface area contributed by atoms with Crippen LogP contribution in [0.4, 0.5) is 21.6 Å². The summed E-state index contributed by atoms with van der Waals surface area (Å²) in [6.45, 7) is 1.50. The third kappa shape index (κ3) is 3.72. The minimum absolute atomic E-state index is 0.0597. The normalized spacial score (nSPS) is 16.7. The number of amides is 1. The third-order valence-corrected chi connectivity index (χ3v) is 5.70. The Kier molecular flexibility index (Phi) is 5.51. The molecular formula is C23H24FN5O4. The van der Waals surface area contributed by atoms with E-state index in [4.69, 9.17) is 14.2 Å². The van der Waals surface area contributed by atoms with Gasteiger partial charge in [0.25, 0.3) is 5.91 Å². The number of methoxy groups -OCH3 is 2. The van der Waals surface area contributed by atoms with Crippen LogP contribution < -0.4 is 25.4 Å². The molecule has 1 atom stereocenters. The Morgan fingerprint density at radius 1 is 1.27 bits per heavy atom. The summed E-state index contributed by atoms with van der Waals surface area (Å²) < 4.78 is 31.1. The van der Waals surface area contributed by atoms with E-state index in [1.165, 1.54) is 13.2 Å². The van der Waals surface area contributed by atoms with Crippen LogP contribution in [0.5, 0.6) is 11.5 Å². The maximum atomic E-state index is 14.4. The van der Waals surface area contributed by atoms with Crippen molar-refractivity contribution in [2.75, 3.05) is 44.5 Å². The topological polar surface area (TPSA) is 110 Å². The van der Waals surface area contributed by atoms with Crippen LogP contribution in [-0.4, -0.2) is 55.9 Å². The van der Waals surface area contributed by atoms with Crippen LogP contribution in [0.25, 0.3) is 11.3 Å². The van der Waals surface area contributed by atoms with E-state index >= 15 is 0 Å². The van der Waals surface area contributed by atoms with Crippen molar-refractivity contribution in [3.05, 3.63) is 47.5 Å². The summed E-state index contributed by atoms with van der Waals surface area (Å²) in [5.74, 6) is 0.500. The first-order chi connectivity index (χ1) is 16.1. The molecule has 1 unspecified atom stereocenters. The van der Waals surface area contributed by atoms with Crippen molar-refractivity contribution < 1.29 is 23.4 Å². The summed E-state index contributed by atoms with van der Waals surface area (Å²) in [5, 5.41) is 9.39. The van der Waals surface area contributed by atoms with Crippen LogP contribution in [0.3, 0.4) is 0 Å². The number of nitrogens with zero attached hydrogens (tertiary/aromatic N) is 1. The van der Waals surface area contributed by atoms with E-state index in [-0.39, 0.29) is 17.8 Å². The van der Waals surface area contributed by atoms with Crippen molar-refractivity contribution in [3.63, 3.8) is 0 Å². The number of ether oxygens (including phenoxy) is 3. The number of anilines is 3. The molecule has 0 fully saturated rings. The standard InChI is InChI=1S/C23H24FN5O4/c1-31-11-12-10-27-22-20(33-12)13(6-8-25-22)18-19(17-15(28-18)7-9-26-23(17)30)29-16-5-3-4-14(24)21(16)32-2/h3-6,8,12,28-29H,7,9-11H2,1-2H3,(H,25,27)(H,26,30). The fraction of sp³-hybridized carbons (Fsp3) is 0.304. The van der Waals surface area contributed by atoms with Gasteiger partial charge in [-0.15, -0.1) is 0 Å². The second kappa shape index (κ2) is 8.62. The predicted molar refractivity (Wildman–Crippen MR) is 121 cm³/mol. The molecular weight excluding hydrogens is 429 g/mol. The summed E-state index contributed by atoms with van der Waals surface area (Å²) in [7, 11) is 3.02. The Bertz CT molecular complexity index is 1210. The molecule has 0 bridgehead atoms. The van der Waals surface area contributed by atoms with Crippen molar-refractivity contribution in [2.45, 2.75) is 12.5 Å². The van der Waals surface area contributed by atoms with Crippen LogP contribution in [0.1, 0.15) is 16.1 Å². The number of halogens is 1. The van der Waals surface area contributed by atoms with Crippen LogP contribution >= 0.6 is 0 Å². The fourth-order valence-corrected chi connectivity index (χ4v) is 4.24. The Morgan fingerprint density at radius 3 is 2.97 bits per heavy atom. The molecule has 2 aliphatic heterocycles. The molecule has 1 aromatic carbocycles. The zero-order chi connectivity index (χ0) is 22.9. The summed E-state index contributed by atoms with van der Waals surface area (Å²) in [5.41, 5.74) is 3.53. The van der Waals surface area contributed by atoms with Gasteiger partial charge in [-0.1, -0.05) is 6.07 Å². The van der Waals surface area contributed by atoms with Crippen LogP contribution in [-0.2, 0) is 11.2 Å². The van der Waals surface area contributed by atoms with Gasteiger partial charge in [0.15, 0.2) is 23.1 Å². The Hall–Kier alpha value is -3.79. The molecule has 2 aromatic heterocycles. The quantitative estimate of drug-likeness (QED) is 0.454. The zero-order valence-electron chi connectivity index (χ0n) is 18.3. The molecule has 9 nitrogen and oxygen atoms in total. The third-order valence-electron chi connectivity index (χ3n) is 5.70. The number of aromatic nitrogens is 2. The lowest BCUT2D eigenvalue weighted by Crippen LogP contribution is -2.35. The molecule has 5 rings (SSSR count). The van der Waals surface area contributed by atoms with E-state index in [1.54, 1.807) is 25.4 Å². The first-order valence-electron chi connectivity index (χ1n) is 10.6. The molecule has 33 heavy (non-hydrogen) atoms. The summed E-state index contributed by atoms with van der Waals surface area (Å²) in [6, 6.07) is 6.41. The van der Waals surface area contributed by atoms with Gasteiger partial charge in [-0.25, -0.2) is 9.37 Å². The zero-order valence-corrected chi connectivity index (χ0v) is 18.3. The lowest BCUT2D eigenvalue weighted by molar-refractivity contribution is 0.0847. The van der Waals surface area contributed by atoms with E-state index in [0.717, 1.165) is 5.69 Å². The number of H-pyrrole nitrogens is 1. The second-order valence-corrected chi connectivity index (χ2v) is 7.79. The molecule has 0 aliphatic carbocycles. The minimum Gasteiger partial charge on any atom is -0.492 e. The lowest BCUT2D eigenvalue weighted by atomic mass is 10.0. The van der Waals surface area contributed by atoms with Crippen molar-refractivity contribution >= 4 is 23.1 Å². The van der Waals surface area contributed by atoms with Crippen LogP contribution in [0.15, 0.2) is 30.5 Å². The number of rotatable bonds is 6. The smallest absolute Gasteiger partial charge is 0.255 e. The number of hydrogen-bond acceptors (Lipinski definition) is 7. The van der Waals surface area contributed by atoms with Gasteiger partial charge in [0.1, 0.15) is 6.10 Å². The SMILES string of the molecule is COCC1CNc2nccc(-c3[nH]c4c(c3Nc3cccc(F)c3OC)C(=O)NCC4)c2O1. The Morgan fingerprint density at radius 2 is 2.15 bits per heavy atom. The number of carbonyl (C=O) groups is 1. The number of hydrogen-bond donors (Lipinski definition) is 4. The highest BCUT2D eigenvalue weighted by Gasteiger charge is 2.31. The fourth-order valence-electron chi connectivity index (χ4n) is 4.24. The first-order valence-corrected chi connectivity index (χ1v) is 10.6. The van der Waals surface area contributed by atoms with Crippen molar-refractivity contribution in [1.82, 2.24) is 15.3 Å². The van der Waals surface area contributed by atoms with E-state index in [9.17, 15) is 9.18 Å². The number of nitrogens with one attached hydrogen (secondary N) is 4. The van der Waals surface area contributed by atoms with Gasteiger partial charge in [-0.05, 0) is 18.2 Å². The molecule has 0 spiro atoms. The average molecular weight is 453 g/mol. The summed E-state index contributed by atoms with van der Waals surface area (Å²) in [6.07, 6.45) is 2.11. The monoisotopic (exact) mass is 453 g/mol. The maximum absolute atomic E-state index is 14.4. The lowest BCUT2D eigenvalue weighted by Gasteiger charge is -2.27. The van der Waals surface area contributed by atoms with Gasteiger partial charge >= 0.3 is 0 Å². The molecule has 0 radical (unpaired) electrons. The van der Waals surface area contributed by atoms with Crippen molar-refractivity contribution in [1.29, 1.82) is 0 Å². The molecule has 4 N–H and O–H groups in total. The second-order valence-electron chi connectivity index (χ2n) is 7.79. The first kappa shape index (κ1) is 21.1. The van der Waals surface area contributed by atoms with E-state index in [1.807, 2.05) is 6.07 Å². The summed E-state index contributed by atoms with van der Waals surface area (Å²) in [4.78, 5) is 20.6. The molecule has 0 saturated heterocycles. The number of aromatic amines is 1. The largest absolute Gasteiger partial charge is 0.492 e. The predicted octanol–water partition coefficient (Wildman–Crippen LogP) is 3.07. The van der Waals surface area contributed by atoms with E-state index in [0.29, 0.717) is 65.9 Å². The highest BCUT2D eigenvalue weighted by Crippen LogP contribution is 2.44. The highest BCUT2D eigenvalue weighted by atomic mass is 19.1. The van der Waals surface area contributed by atoms with Crippen LogP contribution in [0, 0.1) is 5.82 Å². The van der Waals surface area contributed by atoms with Gasteiger partial charge < -0.3 is 35.1 Å². The van der Waals surface area contributed by atoms with Gasteiger partial charge in [-0.3, -0.25) is 4.79 Å². The van der Waals surface area contributed by atoms with Gasteiger partial charge in [0.05, 0.1) is 42.9 Å². The number of benzene rings is 1. The maximum Gasteiger partial charge on any atom is 0.255 e. The Balaban J connectivity index is 1.66. The van der Waals surface area contributed by atoms with Crippen molar-refractivity contribution in [3.8, 4) is 22.8 Å². The molecule has 1 amide bonds. The van der Waals surface area contributed by atoms with E-state index < -0.39 is 5.82 Å². The van der Waals surface area contributed by atoms with Gasteiger partial charge in [0.2, 0.25) is 0 Å². The number of carbonyl (C=O) groups excluding carboxylic acids is 1. The number of para-hydroxylation sites is 1. The Labute approximate surface area is 189 Å². The number of pyridine rings is 1. The molecule has 4 heterocycles. The molecule has 10 heteroatoms. The number of fused-ring (bicyclic) bond motifs is 2. The molecule has 3 aromatic rings. The average Bonchev–Trinajstić information content (AvgIpc) is 3.18. The highest BCUT2D eigenvalue weighted by molar-refractivity contribution is 6.07. The summed E-state index contributed by atoms with van der Waals surface area (Å²) >= 11 is 0. The van der Waals surface area contributed by atoms with Crippen LogP contribution in [0.2, 0.25) is 0 Å². The van der Waals surface area contributed by atoms with Gasteiger partial charge in [0, 0.05) is 37.5 Å². The molecule has 0 saturated carbocycles. The molecule has 2 aliphatic rings. The molecule has 172 valence electrons. The van der Waals surface area contributed by atoms with Gasteiger partial charge in [-0.2, -0.15) is 0 Å².